The number of rotatable bonds is 5. The zero-order valence-electron chi connectivity index (χ0n) is 23.4. The van der Waals surface area contributed by atoms with Gasteiger partial charge in [0.05, 0.1) is 6.07 Å². The Morgan fingerprint density at radius 1 is 0.780 bits per heavy atom. The van der Waals surface area contributed by atoms with E-state index in [4.69, 9.17) is 0 Å². The van der Waals surface area contributed by atoms with Crippen molar-refractivity contribution in [2.45, 2.75) is 32.1 Å². The van der Waals surface area contributed by atoms with E-state index in [1.165, 1.54) is 52.6 Å². The molecule has 3 nitrogen and oxygen atoms in total. The summed E-state index contributed by atoms with van der Waals surface area (Å²) in [6.07, 6.45) is 19.2. The molecular formula is C37H36N3Si. The van der Waals surface area contributed by atoms with Gasteiger partial charge in [0.1, 0.15) is 0 Å². The first kappa shape index (κ1) is 26.0. The molecule has 3 aromatic carbocycles. The van der Waals surface area contributed by atoms with Gasteiger partial charge in [0.15, 0.2) is 8.80 Å². The van der Waals surface area contributed by atoms with Gasteiger partial charge in [-0.15, -0.1) is 0 Å². The van der Waals surface area contributed by atoms with Crippen molar-refractivity contribution in [3.63, 3.8) is 0 Å². The third-order valence-electron chi connectivity index (χ3n) is 9.75. The van der Waals surface area contributed by atoms with Crippen molar-refractivity contribution >= 4 is 41.9 Å². The summed E-state index contributed by atoms with van der Waals surface area (Å²) >= 11 is 0. The molecule has 2 aliphatic carbocycles. The van der Waals surface area contributed by atoms with E-state index >= 15 is 0 Å². The molecule has 0 N–H and O–H groups in total. The van der Waals surface area contributed by atoms with Crippen molar-refractivity contribution in [3.8, 4) is 6.07 Å². The first-order valence-electron chi connectivity index (χ1n) is 15.2. The van der Waals surface area contributed by atoms with Gasteiger partial charge in [-0.05, 0) is 72.4 Å². The number of benzene rings is 3. The SMILES string of the molecule is N#CC1=CN=CC(C2CCC(C3C=CC=CC3CN3c4ccccc4[Si](c4ccccc4)c4ccccc43)CC2)C1. The molecule has 0 spiro atoms. The first-order chi connectivity index (χ1) is 20.3. The minimum Gasteiger partial charge on any atom is -0.341 e. The van der Waals surface area contributed by atoms with Crippen molar-refractivity contribution in [3.05, 3.63) is 115 Å². The average Bonchev–Trinajstić information content (AvgIpc) is 3.05. The Bertz CT molecular complexity index is 1510. The summed E-state index contributed by atoms with van der Waals surface area (Å²) in [6.45, 7) is 0.995. The van der Waals surface area contributed by atoms with Crippen LogP contribution in [0.4, 0.5) is 11.4 Å². The standard InChI is InChI=1S/C37H36N3Si/c38-23-27-22-31(25-39-24-27)28-18-20-29(21-19-28)33-13-5-4-10-30(33)26-40-34-14-6-8-16-36(34)41(32-11-2-1-3-12-32)37-17-9-7-15-35(37)40/h1-17,24-25,28-31,33H,18-22,26H2. The van der Waals surface area contributed by atoms with Crippen molar-refractivity contribution in [1.29, 1.82) is 5.26 Å². The second kappa shape index (κ2) is 11.5. The summed E-state index contributed by atoms with van der Waals surface area (Å²) in [6, 6.07) is 31.7. The largest absolute Gasteiger partial charge is 0.341 e. The van der Waals surface area contributed by atoms with Crippen molar-refractivity contribution < 1.29 is 0 Å². The normalized spacial score (nSPS) is 27.0. The van der Waals surface area contributed by atoms with Crippen LogP contribution in [0.2, 0.25) is 0 Å². The maximum atomic E-state index is 9.37. The van der Waals surface area contributed by atoms with Gasteiger partial charge in [0, 0.05) is 47.7 Å². The second-order valence-electron chi connectivity index (χ2n) is 12.0. The fourth-order valence-corrected chi connectivity index (χ4v) is 10.6. The van der Waals surface area contributed by atoms with Crippen LogP contribution in [0.15, 0.2) is 120 Å². The highest BCUT2D eigenvalue weighted by atomic mass is 28.3. The zero-order chi connectivity index (χ0) is 27.6. The highest BCUT2D eigenvalue weighted by Gasteiger charge is 2.37. The van der Waals surface area contributed by atoms with Gasteiger partial charge in [0.2, 0.25) is 0 Å². The quantitative estimate of drug-likeness (QED) is 0.349. The summed E-state index contributed by atoms with van der Waals surface area (Å²) in [5.74, 6) is 2.79. The van der Waals surface area contributed by atoms with E-state index in [0.717, 1.165) is 18.5 Å². The highest BCUT2D eigenvalue weighted by Crippen LogP contribution is 2.43. The molecule has 203 valence electrons. The Morgan fingerprint density at radius 3 is 2.12 bits per heavy atom. The van der Waals surface area contributed by atoms with E-state index in [-0.39, 0.29) is 0 Å². The Kier molecular flexibility index (Phi) is 7.29. The lowest BCUT2D eigenvalue weighted by Crippen LogP contribution is -2.58. The number of nitriles is 1. The van der Waals surface area contributed by atoms with Crippen LogP contribution in [-0.4, -0.2) is 21.6 Å². The lowest BCUT2D eigenvalue weighted by molar-refractivity contribution is 0.183. The van der Waals surface area contributed by atoms with E-state index in [1.807, 2.05) is 0 Å². The van der Waals surface area contributed by atoms with Crippen LogP contribution in [-0.2, 0) is 0 Å². The molecule has 7 rings (SSSR count). The number of allylic oxidation sites excluding steroid dienone is 4. The zero-order valence-corrected chi connectivity index (χ0v) is 24.4. The Balaban J connectivity index is 1.13. The molecule has 1 saturated carbocycles. The number of para-hydroxylation sites is 2. The topological polar surface area (TPSA) is 39.4 Å². The molecule has 0 saturated heterocycles. The molecular weight excluding hydrogens is 515 g/mol. The minimum atomic E-state index is -1.08. The number of nitrogens with zero attached hydrogens (tertiary/aromatic N) is 3. The van der Waals surface area contributed by atoms with Crippen molar-refractivity contribution in [2.24, 2.45) is 34.6 Å². The molecule has 2 aliphatic heterocycles. The third-order valence-corrected chi connectivity index (χ3v) is 12.6. The number of aliphatic imine (C=N–C) groups is 1. The van der Waals surface area contributed by atoms with Crippen molar-refractivity contribution in [1.82, 2.24) is 0 Å². The highest BCUT2D eigenvalue weighted by molar-refractivity contribution is 6.97. The van der Waals surface area contributed by atoms with E-state index in [2.05, 4.69) is 125 Å². The predicted octanol–water partition coefficient (Wildman–Crippen LogP) is 6.32. The van der Waals surface area contributed by atoms with Crippen LogP contribution >= 0.6 is 0 Å². The van der Waals surface area contributed by atoms with Gasteiger partial charge >= 0.3 is 0 Å². The molecule has 41 heavy (non-hydrogen) atoms. The molecule has 0 aromatic heterocycles. The molecule has 1 fully saturated rings. The minimum absolute atomic E-state index is 0.426. The predicted molar refractivity (Wildman–Crippen MR) is 172 cm³/mol. The van der Waals surface area contributed by atoms with Gasteiger partial charge in [-0.2, -0.15) is 5.26 Å². The monoisotopic (exact) mass is 550 g/mol. The van der Waals surface area contributed by atoms with Gasteiger partial charge in [0.25, 0.3) is 0 Å². The summed E-state index contributed by atoms with van der Waals surface area (Å²) in [4.78, 5) is 7.03. The lowest BCUT2D eigenvalue weighted by Gasteiger charge is -2.42. The van der Waals surface area contributed by atoms with Gasteiger partial charge in [-0.25, -0.2) is 0 Å². The average molecular weight is 551 g/mol. The maximum Gasteiger partial charge on any atom is 0.160 e. The molecule has 1 radical (unpaired) electrons. The van der Waals surface area contributed by atoms with Crippen molar-refractivity contribution in [2.75, 3.05) is 11.4 Å². The van der Waals surface area contributed by atoms with Gasteiger partial charge in [-0.3, -0.25) is 4.99 Å². The number of fused-ring (bicyclic) bond motifs is 2. The fraction of sp³-hybridized carbons (Fsp3) is 0.297. The lowest BCUT2D eigenvalue weighted by atomic mass is 9.67. The molecule has 4 aliphatic rings. The van der Waals surface area contributed by atoms with Crippen LogP contribution in [0.1, 0.15) is 32.1 Å². The van der Waals surface area contributed by atoms with E-state index in [9.17, 15) is 5.26 Å². The maximum absolute atomic E-state index is 9.37. The molecule has 3 atom stereocenters. The molecule has 3 aromatic rings. The van der Waals surface area contributed by atoms with Gasteiger partial charge < -0.3 is 4.90 Å². The fourth-order valence-electron chi connectivity index (χ4n) is 7.72. The Labute approximate surface area is 245 Å². The Morgan fingerprint density at radius 2 is 1.41 bits per heavy atom. The third kappa shape index (κ3) is 5.04. The summed E-state index contributed by atoms with van der Waals surface area (Å²) in [5, 5.41) is 13.8. The van der Waals surface area contributed by atoms with Crippen LogP contribution in [0.5, 0.6) is 0 Å². The molecule has 0 amide bonds. The van der Waals surface area contributed by atoms with Crippen LogP contribution in [0.25, 0.3) is 0 Å². The van der Waals surface area contributed by atoms with E-state index in [1.54, 1.807) is 6.20 Å². The van der Waals surface area contributed by atoms with Crippen LogP contribution in [0.3, 0.4) is 0 Å². The summed E-state index contributed by atoms with van der Waals surface area (Å²) < 4.78 is 0. The number of hydrogen-bond donors (Lipinski definition) is 0. The molecule has 4 heteroatoms. The molecule has 0 bridgehead atoms. The summed E-state index contributed by atoms with van der Waals surface area (Å²) in [7, 11) is -1.08. The first-order valence-corrected chi connectivity index (χ1v) is 16.7. The van der Waals surface area contributed by atoms with Gasteiger partial charge in [-0.1, -0.05) is 96.2 Å². The number of hydrogen-bond acceptors (Lipinski definition) is 3. The number of anilines is 2. The van der Waals surface area contributed by atoms with Crippen LogP contribution < -0.4 is 20.5 Å². The molecule has 2 heterocycles. The Hall–Kier alpha value is -3.94. The van der Waals surface area contributed by atoms with E-state index in [0.29, 0.717) is 29.6 Å². The molecule has 3 unspecified atom stereocenters. The smallest absolute Gasteiger partial charge is 0.160 e. The second-order valence-corrected chi connectivity index (χ2v) is 14.4. The van der Waals surface area contributed by atoms with E-state index < -0.39 is 8.80 Å². The summed E-state index contributed by atoms with van der Waals surface area (Å²) in [5.41, 5.74) is 3.60. The van der Waals surface area contributed by atoms with Crippen LogP contribution in [0, 0.1) is 40.9 Å².